The Bertz CT molecular complexity index is 497. The largest absolute Gasteiger partial charge is 0.388 e. The fourth-order valence-corrected chi connectivity index (χ4v) is 2.53. The fraction of sp³-hybridized carbons (Fsp3) is 0.364. The van der Waals surface area contributed by atoms with E-state index in [0.717, 1.165) is 5.56 Å². The van der Waals surface area contributed by atoms with E-state index >= 15 is 0 Å². The van der Waals surface area contributed by atoms with E-state index in [1.165, 1.54) is 0 Å². The van der Waals surface area contributed by atoms with Crippen molar-refractivity contribution in [3.05, 3.63) is 29.8 Å². The van der Waals surface area contributed by atoms with Crippen LogP contribution in [0.2, 0.25) is 0 Å². The number of amidine groups is 1. The van der Waals surface area contributed by atoms with Gasteiger partial charge in [-0.15, -0.1) is 0 Å². The topological polar surface area (TPSA) is 96.0 Å². The number of nitrogens with one attached hydrogen (secondary N) is 2. The Morgan fingerprint density at radius 2 is 2.18 bits per heavy atom. The molecular formula is C11H17N3O2S. The minimum atomic E-state index is -3.44. The van der Waals surface area contributed by atoms with Crippen LogP contribution in [0.3, 0.4) is 0 Å². The molecule has 0 heterocycles. The average molecular weight is 255 g/mol. The van der Waals surface area contributed by atoms with Gasteiger partial charge in [-0.2, -0.15) is 0 Å². The van der Waals surface area contributed by atoms with Gasteiger partial charge in [0.1, 0.15) is 0 Å². The molecule has 0 amide bonds. The van der Waals surface area contributed by atoms with Crippen LogP contribution >= 0.6 is 0 Å². The van der Waals surface area contributed by atoms with E-state index in [1.54, 1.807) is 18.2 Å². The number of rotatable bonds is 6. The molecular weight excluding hydrogens is 238 g/mol. The number of aryl methyl sites for hydroxylation is 1. The minimum absolute atomic E-state index is 0.0692. The first-order valence-corrected chi connectivity index (χ1v) is 6.79. The molecule has 6 heteroatoms. The maximum Gasteiger partial charge on any atom is 0.240 e. The lowest BCUT2D eigenvalue weighted by molar-refractivity contribution is 0.579. The molecule has 1 aromatic carbocycles. The van der Waals surface area contributed by atoms with Crippen LogP contribution in [0, 0.1) is 12.3 Å². The molecule has 0 aromatic heterocycles. The fourth-order valence-electron chi connectivity index (χ4n) is 1.35. The van der Waals surface area contributed by atoms with Crippen LogP contribution in [0.5, 0.6) is 0 Å². The normalized spacial score (nSPS) is 11.4. The van der Waals surface area contributed by atoms with Gasteiger partial charge in [0.15, 0.2) is 0 Å². The lowest BCUT2D eigenvalue weighted by Gasteiger charge is -2.06. The zero-order chi connectivity index (χ0) is 12.9. The van der Waals surface area contributed by atoms with Gasteiger partial charge in [-0.25, -0.2) is 13.1 Å². The molecule has 0 atom stereocenters. The Morgan fingerprint density at radius 3 is 2.76 bits per heavy atom. The molecule has 0 aliphatic carbocycles. The molecule has 17 heavy (non-hydrogen) atoms. The standard InChI is InChI=1S/C11H17N3O2S/c1-9-4-2-5-10(8-9)17(15,16)14-7-3-6-11(12)13/h2,4-5,8,14H,3,6-7H2,1H3,(H3,12,13). The number of hydrogen-bond donors (Lipinski definition) is 3. The molecule has 0 saturated heterocycles. The summed E-state index contributed by atoms with van der Waals surface area (Å²) in [5.41, 5.74) is 6.08. The van der Waals surface area contributed by atoms with Gasteiger partial charge in [0.05, 0.1) is 10.7 Å². The van der Waals surface area contributed by atoms with Gasteiger partial charge in [0.2, 0.25) is 10.0 Å². The van der Waals surface area contributed by atoms with Crippen LogP contribution in [0.4, 0.5) is 0 Å². The van der Waals surface area contributed by atoms with Gasteiger partial charge in [-0.05, 0) is 31.0 Å². The number of sulfonamides is 1. The summed E-state index contributed by atoms with van der Waals surface area (Å²) in [4.78, 5) is 0.264. The Hall–Kier alpha value is -1.40. The third kappa shape index (κ3) is 4.54. The van der Waals surface area contributed by atoms with E-state index in [0.29, 0.717) is 12.8 Å². The summed E-state index contributed by atoms with van der Waals surface area (Å²) in [6, 6.07) is 6.72. The van der Waals surface area contributed by atoms with Crippen molar-refractivity contribution in [3.63, 3.8) is 0 Å². The average Bonchev–Trinajstić information content (AvgIpc) is 2.24. The molecule has 0 unspecified atom stereocenters. The molecule has 5 nitrogen and oxygen atoms in total. The lowest BCUT2D eigenvalue weighted by Crippen LogP contribution is -2.25. The van der Waals surface area contributed by atoms with Crippen molar-refractivity contribution in [1.29, 1.82) is 5.41 Å². The minimum Gasteiger partial charge on any atom is -0.388 e. The maximum absolute atomic E-state index is 11.8. The molecule has 94 valence electrons. The molecule has 0 spiro atoms. The lowest BCUT2D eigenvalue weighted by atomic mass is 10.2. The van der Waals surface area contributed by atoms with Crippen LogP contribution in [-0.2, 0) is 10.0 Å². The first-order chi connectivity index (χ1) is 7.92. The van der Waals surface area contributed by atoms with Crippen molar-refractivity contribution in [3.8, 4) is 0 Å². The number of benzene rings is 1. The second kappa shape index (κ2) is 5.79. The molecule has 4 N–H and O–H groups in total. The Balaban J connectivity index is 2.60. The molecule has 0 aliphatic heterocycles. The summed E-state index contributed by atoms with van der Waals surface area (Å²) in [5, 5.41) is 7.02. The zero-order valence-corrected chi connectivity index (χ0v) is 10.5. The molecule has 0 fully saturated rings. The Labute approximate surface area is 102 Å². The van der Waals surface area contributed by atoms with E-state index in [-0.39, 0.29) is 17.3 Å². The van der Waals surface area contributed by atoms with Gasteiger partial charge in [0.25, 0.3) is 0 Å². The number of nitrogens with two attached hydrogens (primary N) is 1. The predicted octanol–water partition coefficient (Wildman–Crippen LogP) is 0.989. The van der Waals surface area contributed by atoms with Gasteiger partial charge in [-0.3, -0.25) is 5.41 Å². The van der Waals surface area contributed by atoms with Crippen LogP contribution in [0.15, 0.2) is 29.2 Å². The van der Waals surface area contributed by atoms with E-state index in [2.05, 4.69) is 4.72 Å². The smallest absolute Gasteiger partial charge is 0.240 e. The van der Waals surface area contributed by atoms with E-state index < -0.39 is 10.0 Å². The molecule has 1 aromatic rings. The highest BCUT2D eigenvalue weighted by Crippen LogP contribution is 2.10. The van der Waals surface area contributed by atoms with Crippen LogP contribution in [0.25, 0.3) is 0 Å². The highest BCUT2D eigenvalue weighted by atomic mass is 32.2. The number of hydrogen-bond acceptors (Lipinski definition) is 3. The SMILES string of the molecule is Cc1cccc(S(=O)(=O)NCCCC(=N)N)c1. The summed E-state index contributed by atoms with van der Waals surface area (Å²) in [6.45, 7) is 2.13. The maximum atomic E-state index is 11.8. The summed E-state index contributed by atoms with van der Waals surface area (Å²) in [6.07, 6.45) is 0.927. The second-order valence-corrected chi connectivity index (χ2v) is 5.61. The van der Waals surface area contributed by atoms with Crippen molar-refractivity contribution >= 4 is 15.9 Å². The summed E-state index contributed by atoms with van der Waals surface area (Å²) in [7, 11) is -3.44. The quantitative estimate of drug-likeness (QED) is 0.402. The monoisotopic (exact) mass is 255 g/mol. The van der Waals surface area contributed by atoms with Gasteiger partial charge in [0, 0.05) is 13.0 Å². The Kier molecular flexibility index (Phi) is 4.65. The van der Waals surface area contributed by atoms with Crippen molar-refractivity contribution in [2.45, 2.75) is 24.7 Å². The van der Waals surface area contributed by atoms with Crippen molar-refractivity contribution < 1.29 is 8.42 Å². The molecule has 0 aliphatic rings. The van der Waals surface area contributed by atoms with E-state index in [1.807, 2.05) is 13.0 Å². The van der Waals surface area contributed by atoms with Crippen molar-refractivity contribution in [1.82, 2.24) is 4.72 Å². The van der Waals surface area contributed by atoms with Crippen LogP contribution in [-0.4, -0.2) is 20.8 Å². The van der Waals surface area contributed by atoms with Gasteiger partial charge < -0.3 is 5.73 Å². The highest BCUT2D eigenvalue weighted by molar-refractivity contribution is 7.89. The van der Waals surface area contributed by atoms with Crippen molar-refractivity contribution in [2.24, 2.45) is 5.73 Å². The van der Waals surface area contributed by atoms with Crippen LogP contribution in [0.1, 0.15) is 18.4 Å². The molecule has 0 bridgehead atoms. The van der Waals surface area contributed by atoms with Gasteiger partial charge >= 0.3 is 0 Å². The second-order valence-electron chi connectivity index (χ2n) is 3.84. The predicted molar refractivity (Wildman–Crippen MR) is 67.5 cm³/mol. The zero-order valence-electron chi connectivity index (χ0n) is 9.73. The molecule has 0 saturated carbocycles. The van der Waals surface area contributed by atoms with Crippen LogP contribution < -0.4 is 10.5 Å². The molecule has 1 rings (SSSR count). The third-order valence-electron chi connectivity index (χ3n) is 2.21. The van der Waals surface area contributed by atoms with Gasteiger partial charge in [-0.1, -0.05) is 12.1 Å². The summed E-state index contributed by atoms with van der Waals surface area (Å²) in [5.74, 6) is 0.0692. The van der Waals surface area contributed by atoms with E-state index in [9.17, 15) is 8.42 Å². The first-order valence-electron chi connectivity index (χ1n) is 5.31. The third-order valence-corrected chi connectivity index (χ3v) is 3.67. The first kappa shape index (κ1) is 13.7. The van der Waals surface area contributed by atoms with E-state index in [4.69, 9.17) is 11.1 Å². The molecule has 0 radical (unpaired) electrons. The summed E-state index contributed by atoms with van der Waals surface area (Å²) >= 11 is 0. The Morgan fingerprint density at radius 1 is 1.47 bits per heavy atom. The highest BCUT2D eigenvalue weighted by Gasteiger charge is 2.12. The van der Waals surface area contributed by atoms with Crippen molar-refractivity contribution in [2.75, 3.05) is 6.54 Å². The summed E-state index contributed by atoms with van der Waals surface area (Å²) < 4.78 is 26.1.